The summed E-state index contributed by atoms with van der Waals surface area (Å²) in [5.41, 5.74) is 1.87. The van der Waals surface area contributed by atoms with E-state index in [0.29, 0.717) is 17.5 Å². The number of aromatic hydroxyl groups is 1. The number of phenols is 1. The van der Waals surface area contributed by atoms with E-state index >= 15 is 0 Å². The Morgan fingerprint density at radius 3 is 2.84 bits per heavy atom. The molecule has 3 rings (SSSR count). The Hall–Kier alpha value is -2.47. The van der Waals surface area contributed by atoms with Crippen LogP contribution in [0.1, 0.15) is 36.9 Å². The topological polar surface area (TPSA) is 75.1 Å². The van der Waals surface area contributed by atoms with E-state index in [4.69, 9.17) is 0 Å². The second-order valence-electron chi connectivity index (χ2n) is 5.73. The third-order valence-electron chi connectivity index (χ3n) is 3.96. The first-order valence-corrected chi connectivity index (χ1v) is 8.86. The molecule has 25 heavy (non-hydrogen) atoms. The van der Waals surface area contributed by atoms with E-state index in [-0.39, 0.29) is 11.7 Å². The van der Waals surface area contributed by atoms with Gasteiger partial charge >= 0.3 is 0 Å². The summed E-state index contributed by atoms with van der Waals surface area (Å²) in [5.74, 6) is -0.0163. The van der Waals surface area contributed by atoms with E-state index in [0.717, 1.165) is 21.8 Å². The molecular weight excluding hydrogens is 382 g/mol. The molecule has 6 heteroatoms. The molecule has 1 amide bonds. The van der Waals surface area contributed by atoms with Crippen LogP contribution >= 0.6 is 15.9 Å². The fraction of sp³-hybridized carbons (Fsp3) is 0.211. The summed E-state index contributed by atoms with van der Waals surface area (Å²) in [5, 5.41) is 14.6. The summed E-state index contributed by atoms with van der Waals surface area (Å²) in [4.78, 5) is 20.6. The molecule has 0 aliphatic heterocycles. The van der Waals surface area contributed by atoms with Gasteiger partial charge in [0.05, 0.1) is 6.04 Å². The van der Waals surface area contributed by atoms with Gasteiger partial charge in [-0.25, -0.2) is 0 Å². The van der Waals surface area contributed by atoms with Gasteiger partial charge in [-0.3, -0.25) is 14.8 Å². The fourth-order valence-corrected chi connectivity index (χ4v) is 3.34. The molecule has 0 aliphatic carbocycles. The van der Waals surface area contributed by atoms with Crippen LogP contribution in [-0.2, 0) is 4.79 Å². The largest absolute Gasteiger partial charge is 0.505 e. The number of rotatable bonds is 5. The van der Waals surface area contributed by atoms with E-state index in [1.54, 1.807) is 24.7 Å². The molecule has 0 saturated carbocycles. The zero-order valence-electron chi connectivity index (χ0n) is 13.7. The van der Waals surface area contributed by atoms with Crippen molar-refractivity contribution >= 4 is 32.7 Å². The Labute approximate surface area is 154 Å². The predicted octanol–water partition coefficient (Wildman–Crippen LogP) is 4.10. The summed E-state index contributed by atoms with van der Waals surface area (Å²) >= 11 is 3.54. The van der Waals surface area contributed by atoms with Crippen molar-refractivity contribution in [2.24, 2.45) is 0 Å². The van der Waals surface area contributed by atoms with Crippen molar-refractivity contribution in [2.75, 3.05) is 0 Å². The van der Waals surface area contributed by atoms with Gasteiger partial charge in [-0.15, -0.1) is 0 Å². The van der Waals surface area contributed by atoms with Gasteiger partial charge in [0.25, 0.3) is 0 Å². The van der Waals surface area contributed by atoms with Gasteiger partial charge < -0.3 is 10.4 Å². The SMILES string of the molecule is CCCC(=O)NC(c1cccnc1)c1cc(Br)c2cccnc2c1O. The maximum absolute atomic E-state index is 12.2. The molecule has 1 unspecified atom stereocenters. The second-order valence-corrected chi connectivity index (χ2v) is 6.59. The lowest BCUT2D eigenvalue weighted by Gasteiger charge is -2.21. The number of fused-ring (bicyclic) bond motifs is 1. The van der Waals surface area contributed by atoms with Crippen molar-refractivity contribution in [1.29, 1.82) is 0 Å². The standard InChI is InChI=1S/C19H18BrN3O2/c1-2-5-16(24)23-17(12-6-3-8-21-11-12)14-10-15(20)13-7-4-9-22-18(13)19(14)25/h3-4,6-11,17,25H,2,5H2,1H3,(H,23,24). The second kappa shape index (κ2) is 7.61. The van der Waals surface area contributed by atoms with Crippen LogP contribution in [0.4, 0.5) is 0 Å². The average Bonchev–Trinajstić information content (AvgIpc) is 2.64. The van der Waals surface area contributed by atoms with Crippen LogP contribution in [0.25, 0.3) is 10.9 Å². The summed E-state index contributed by atoms with van der Waals surface area (Å²) in [6, 6.07) is 8.69. The number of amides is 1. The van der Waals surface area contributed by atoms with Gasteiger partial charge in [-0.2, -0.15) is 0 Å². The van der Waals surface area contributed by atoms with Crippen LogP contribution in [0, 0.1) is 0 Å². The Morgan fingerprint density at radius 1 is 1.32 bits per heavy atom. The molecule has 0 aliphatic rings. The van der Waals surface area contributed by atoms with Crippen molar-refractivity contribution in [2.45, 2.75) is 25.8 Å². The highest BCUT2D eigenvalue weighted by atomic mass is 79.9. The number of carbonyl (C=O) groups excluding carboxylic acids is 1. The number of hydrogen-bond acceptors (Lipinski definition) is 4. The highest BCUT2D eigenvalue weighted by Crippen LogP contribution is 2.38. The molecule has 2 heterocycles. The number of phenolic OH excluding ortho intramolecular Hbond substituents is 1. The van der Waals surface area contributed by atoms with Gasteiger partial charge in [-0.05, 0) is 30.2 Å². The molecule has 128 valence electrons. The maximum atomic E-state index is 12.2. The monoisotopic (exact) mass is 399 g/mol. The normalized spacial score (nSPS) is 12.1. The minimum atomic E-state index is -0.504. The van der Waals surface area contributed by atoms with Crippen LogP contribution in [0.5, 0.6) is 5.75 Å². The van der Waals surface area contributed by atoms with Crippen molar-refractivity contribution in [3.05, 3.63) is 64.5 Å². The average molecular weight is 400 g/mol. The van der Waals surface area contributed by atoms with E-state index in [1.165, 1.54) is 0 Å². The molecule has 0 spiro atoms. The van der Waals surface area contributed by atoms with Crippen LogP contribution in [-0.4, -0.2) is 21.0 Å². The molecular formula is C19H18BrN3O2. The van der Waals surface area contributed by atoms with Crippen LogP contribution < -0.4 is 5.32 Å². The van der Waals surface area contributed by atoms with Crippen molar-refractivity contribution < 1.29 is 9.90 Å². The van der Waals surface area contributed by atoms with E-state index in [1.807, 2.05) is 31.2 Å². The number of carbonyl (C=O) groups is 1. The van der Waals surface area contributed by atoms with Crippen molar-refractivity contribution in [3.63, 3.8) is 0 Å². The van der Waals surface area contributed by atoms with E-state index in [9.17, 15) is 9.90 Å². The quantitative estimate of drug-likeness (QED) is 0.676. The van der Waals surface area contributed by atoms with Crippen LogP contribution in [0.15, 0.2) is 53.4 Å². The minimum absolute atomic E-state index is 0.0597. The van der Waals surface area contributed by atoms with Gasteiger partial charge in [0.1, 0.15) is 11.3 Å². The van der Waals surface area contributed by atoms with Crippen molar-refractivity contribution in [3.8, 4) is 5.75 Å². The highest BCUT2D eigenvalue weighted by molar-refractivity contribution is 9.10. The Balaban J connectivity index is 2.14. The molecule has 0 bridgehead atoms. The number of hydrogen-bond donors (Lipinski definition) is 2. The third kappa shape index (κ3) is 3.64. The lowest BCUT2D eigenvalue weighted by molar-refractivity contribution is -0.121. The first-order valence-electron chi connectivity index (χ1n) is 8.07. The first-order chi connectivity index (χ1) is 12.1. The van der Waals surface area contributed by atoms with E-state index in [2.05, 4.69) is 31.2 Å². The smallest absolute Gasteiger partial charge is 0.220 e. The van der Waals surface area contributed by atoms with Gasteiger partial charge in [0, 0.05) is 40.4 Å². The Kier molecular flexibility index (Phi) is 5.28. The zero-order chi connectivity index (χ0) is 17.8. The third-order valence-corrected chi connectivity index (χ3v) is 4.61. The number of pyridine rings is 2. The molecule has 1 aromatic carbocycles. The summed E-state index contributed by atoms with van der Waals surface area (Å²) in [6.45, 7) is 1.95. The maximum Gasteiger partial charge on any atom is 0.220 e. The number of nitrogens with zero attached hydrogens (tertiary/aromatic N) is 2. The van der Waals surface area contributed by atoms with Gasteiger partial charge in [0.15, 0.2) is 0 Å². The lowest BCUT2D eigenvalue weighted by Crippen LogP contribution is -2.29. The number of halogens is 1. The Morgan fingerprint density at radius 2 is 2.12 bits per heavy atom. The van der Waals surface area contributed by atoms with E-state index < -0.39 is 6.04 Å². The van der Waals surface area contributed by atoms with Crippen molar-refractivity contribution in [1.82, 2.24) is 15.3 Å². The molecule has 2 N–H and O–H groups in total. The zero-order valence-corrected chi connectivity index (χ0v) is 15.3. The highest BCUT2D eigenvalue weighted by Gasteiger charge is 2.23. The fourth-order valence-electron chi connectivity index (χ4n) is 2.77. The van der Waals surface area contributed by atoms with Crippen LogP contribution in [0.2, 0.25) is 0 Å². The number of nitrogens with one attached hydrogen (secondary N) is 1. The molecule has 0 fully saturated rings. The molecule has 2 aromatic heterocycles. The molecule has 5 nitrogen and oxygen atoms in total. The summed E-state index contributed by atoms with van der Waals surface area (Å²) in [6.07, 6.45) is 6.16. The summed E-state index contributed by atoms with van der Waals surface area (Å²) in [7, 11) is 0. The van der Waals surface area contributed by atoms with Crippen LogP contribution in [0.3, 0.4) is 0 Å². The molecule has 0 radical (unpaired) electrons. The lowest BCUT2D eigenvalue weighted by atomic mass is 9.97. The van der Waals surface area contributed by atoms with Gasteiger partial charge in [0.2, 0.25) is 5.91 Å². The first kappa shape index (κ1) is 17.4. The minimum Gasteiger partial charge on any atom is -0.505 e. The molecule has 1 atom stereocenters. The summed E-state index contributed by atoms with van der Waals surface area (Å²) < 4.78 is 0.807. The number of aromatic nitrogens is 2. The molecule has 0 saturated heterocycles. The number of benzene rings is 1. The molecule has 3 aromatic rings. The van der Waals surface area contributed by atoms with Gasteiger partial charge in [-0.1, -0.05) is 35.0 Å². The predicted molar refractivity (Wildman–Crippen MR) is 100 cm³/mol. The Bertz CT molecular complexity index is 900.